The summed E-state index contributed by atoms with van der Waals surface area (Å²) in [6.45, 7) is 15.8. The largest absolute Gasteiger partial charge is 0.0587 e. The second-order valence-corrected chi connectivity index (χ2v) is 5.93. The average molecular weight is 204 g/mol. The van der Waals surface area contributed by atoms with E-state index in [1.807, 2.05) is 0 Å². The first-order valence-corrected chi connectivity index (χ1v) is 5.85. The summed E-state index contributed by atoms with van der Waals surface area (Å²) in [5, 5.41) is 0. The van der Waals surface area contributed by atoms with Crippen LogP contribution >= 0.6 is 0 Å². The highest BCUT2D eigenvalue weighted by molar-refractivity contribution is 5.42. The van der Waals surface area contributed by atoms with Crippen molar-refractivity contribution < 1.29 is 0 Å². The maximum absolute atomic E-state index is 2.37. The highest BCUT2D eigenvalue weighted by atomic mass is 14.2. The molecule has 0 nitrogen and oxygen atoms in total. The van der Waals surface area contributed by atoms with Crippen molar-refractivity contribution in [2.24, 2.45) is 0 Å². The minimum atomic E-state index is 0.248. The molecule has 0 spiro atoms. The first-order valence-electron chi connectivity index (χ1n) is 5.85. The molecule has 0 radical (unpaired) electrons. The van der Waals surface area contributed by atoms with Crippen LogP contribution in [0.2, 0.25) is 0 Å². The van der Waals surface area contributed by atoms with Gasteiger partial charge in [0, 0.05) is 0 Å². The van der Waals surface area contributed by atoms with Crippen molar-refractivity contribution in [3.05, 3.63) is 34.4 Å². The third kappa shape index (κ3) is 2.62. The summed E-state index contributed by atoms with van der Waals surface area (Å²) in [4.78, 5) is 0. The zero-order valence-electron chi connectivity index (χ0n) is 11.2. The van der Waals surface area contributed by atoms with Gasteiger partial charge in [-0.05, 0) is 47.4 Å². The average Bonchev–Trinajstić information content (AvgIpc) is 2.06. The van der Waals surface area contributed by atoms with Gasteiger partial charge in [0.05, 0.1) is 0 Å². The lowest BCUT2D eigenvalue weighted by Gasteiger charge is -2.26. The Kier molecular flexibility index (Phi) is 3.28. The Labute approximate surface area is 94.7 Å². The molecule has 0 N–H and O–H groups in total. The zero-order valence-corrected chi connectivity index (χ0v) is 11.2. The van der Waals surface area contributed by atoms with E-state index in [9.17, 15) is 0 Å². The number of aryl methyl sites for hydroxylation is 2. The van der Waals surface area contributed by atoms with Gasteiger partial charge < -0.3 is 0 Å². The van der Waals surface area contributed by atoms with E-state index < -0.39 is 0 Å². The Morgan fingerprint density at radius 3 is 1.80 bits per heavy atom. The lowest BCUT2D eigenvalue weighted by atomic mass is 9.79. The van der Waals surface area contributed by atoms with Crippen LogP contribution in [0.1, 0.15) is 62.8 Å². The highest BCUT2D eigenvalue weighted by Crippen LogP contribution is 2.32. The third-order valence-corrected chi connectivity index (χ3v) is 3.10. The zero-order chi connectivity index (χ0) is 11.8. The molecular weight excluding hydrogens is 180 g/mol. The fraction of sp³-hybridized carbons (Fsp3) is 0.600. The van der Waals surface area contributed by atoms with E-state index in [0.717, 1.165) is 0 Å². The molecule has 1 rings (SSSR count). The molecule has 0 bridgehead atoms. The standard InChI is InChI=1S/C15H24/c1-10(2)13-8-11(3)12(4)9-14(13)15(5,6)7/h8-10H,1-7H3. The van der Waals surface area contributed by atoms with E-state index in [0.29, 0.717) is 5.92 Å². The van der Waals surface area contributed by atoms with Crippen LogP contribution in [0.4, 0.5) is 0 Å². The van der Waals surface area contributed by atoms with E-state index in [-0.39, 0.29) is 5.41 Å². The first kappa shape index (κ1) is 12.3. The van der Waals surface area contributed by atoms with Gasteiger partial charge in [-0.3, -0.25) is 0 Å². The molecular formula is C15H24. The van der Waals surface area contributed by atoms with E-state index in [4.69, 9.17) is 0 Å². The van der Waals surface area contributed by atoms with Crippen molar-refractivity contribution in [1.29, 1.82) is 0 Å². The van der Waals surface area contributed by atoms with Crippen molar-refractivity contribution in [3.63, 3.8) is 0 Å². The first-order chi connectivity index (χ1) is 6.73. The molecule has 1 aromatic carbocycles. The minimum absolute atomic E-state index is 0.248. The van der Waals surface area contributed by atoms with Crippen LogP contribution in [-0.4, -0.2) is 0 Å². The summed E-state index contributed by atoms with van der Waals surface area (Å²) in [5.74, 6) is 0.610. The normalized spacial score (nSPS) is 12.3. The monoisotopic (exact) mass is 204 g/mol. The molecule has 0 aliphatic rings. The molecule has 0 unspecified atom stereocenters. The Bertz CT molecular complexity index is 351. The SMILES string of the molecule is Cc1cc(C(C)C)c(C(C)(C)C)cc1C. The van der Waals surface area contributed by atoms with Gasteiger partial charge in [-0.1, -0.05) is 46.8 Å². The second kappa shape index (κ2) is 4.00. The Balaban J connectivity index is 3.42. The molecule has 0 aliphatic carbocycles. The predicted octanol–water partition coefficient (Wildman–Crippen LogP) is 4.72. The van der Waals surface area contributed by atoms with Gasteiger partial charge in [-0.25, -0.2) is 0 Å². The van der Waals surface area contributed by atoms with Gasteiger partial charge in [0.25, 0.3) is 0 Å². The molecule has 1 aromatic rings. The molecule has 0 atom stereocenters. The lowest BCUT2D eigenvalue weighted by Crippen LogP contribution is -2.15. The molecule has 0 fully saturated rings. The number of hydrogen-bond donors (Lipinski definition) is 0. The summed E-state index contributed by atoms with van der Waals surface area (Å²) >= 11 is 0. The second-order valence-electron chi connectivity index (χ2n) is 5.93. The molecule has 0 saturated heterocycles. The number of rotatable bonds is 1. The van der Waals surface area contributed by atoms with E-state index in [1.54, 1.807) is 0 Å². The molecule has 0 aliphatic heterocycles. The van der Waals surface area contributed by atoms with E-state index in [1.165, 1.54) is 22.3 Å². The van der Waals surface area contributed by atoms with Crippen LogP contribution in [0.25, 0.3) is 0 Å². The fourth-order valence-electron chi connectivity index (χ4n) is 1.97. The van der Waals surface area contributed by atoms with Gasteiger partial charge in [0.15, 0.2) is 0 Å². The molecule has 0 saturated carbocycles. The summed E-state index contributed by atoms with van der Waals surface area (Å²) in [5.41, 5.74) is 6.07. The molecule has 0 heteroatoms. The Morgan fingerprint density at radius 2 is 1.40 bits per heavy atom. The van der Waals surface area contributed by atoms with E-state index in [2.05, 4.69) is 60.6 Å². The fourth-order valence-corrected chi connectivity index (χ4v) is 1.97. The van der Waals surface area contributed by atoms with Crippen molar-refractivity contribution in [2.45, 2.75) is 59.8 Å². The minimum Gasteiger partial charge on any atom is -0.0587 e. The Hall–Kier alpha value is -0.780. The van der Waals surface area contributed by atoms with Crippen molar-refractivity contribution in [1.82, 2.24) is 0 Å². The maximum atomic E-state index is 2.37. The smallest absolute Gasteiger partial charge is 0.0129 e. The summed E-state index contributed by atoms with van der Waals surface area (Å²) < 4.78 is 0. The van der Waals surface area contributed by atoms with Gasteiger partial charge in [0.1, 0.15) is 0 Å². The van der Waals surface area contributed by atoms with E-state index >= 15 is 0 Å². The molecule has 15 heavy (non-hydrogen) atoms. The Morgan fingerprint density at radius 1 is 0.933 bits per heavy atom. The summed E-state index contributed by atoms with van der Waals surface area (Å²) in [6, 6.07) is 4.73. The van der Waals surface area contributed by atoms with Gasteiger partial charge >= 0.3 is 0 Å². The topological polar surface area (TPSA) is 0 Å². The summed E-state index contributed by atoms with van der Waals surface area (Å²) in [6.07, 6.45) is 0. The van der Waals surface area contributed by atoms with Crippen LogP contribution < -0.4 is 0 Å². The molecule has 84 valence electrons. The van der Waals surface area contributed by atoms with Crippen LogP contribution in [-0.2, 0) is 5.41 Å². The maximum Gasteiger partial charge on any atom is -0.0129 e. The van der Waals surface area contributed by atoms with Crippen LogP contribution in [0.3, 0.4) is 0 Å². The van der Waals surface area contributed by atoms with Crippen LogP contribution in [0.5, 0.6) is 0 Å². The predicted molar refractivity (Wildman–Crippen MR) is 68.7 cm³/mol. The van der Waals surface area contributed by atoms with Gasteiger partial charge in [0.2, 0.25) is 0 Å². The van der Waals surface area contributed by atoms with Crippen molar-refractivity contribution in [2.75, 3.05) is 0 Å². The molecule has 0 amide bonds. The molecule has 0 aromatic heterocycles. The summed E-state index contributed by atoms with van der Waals surface area (Å²) in [7, 11) is 0. The van der Waals surface area contributed by atoms with Crippen LogP contribution in [0.15, 0.2) is 12.1 Å². The number of hydrogen-bond acceptors (Lipinski definition) is 0. The lowest BCUT2D eigenvalue weighted by molar-refractivity contribution is 0.576. The highest BCUT2D eigenvalue weighted by Gasteiger charge is 2.20. The van der Waals surface area contributed by atoms with Crippen LogP contribution in [0, 0.1) is 13.8 Å². The van der Waals surface area contributed by atoms with Crippen molar-refractivity contribution >= 4 is 0 Å². The quantitative estimate of drug-likeness (QED) is 0.620. The van der Waals surface area contributed by atoms with Gasteiger partial charge in [-0.2, -0.15) is 0 Å². The third-order valence-electron chi connectivity index (χ3n) is 3.10. The van der Waals surface area contributed by atoms with Crippen molar-refractivity contribution in [3.8, 4) is 0 Å². The number of benzene rings is 1. The van der Waals surface area contributed by atoms with Gasteiger partial charge in [-0.15, -0.1) is 0 Å². The molecule has 0 heterocycles.